The number of hydrogen-bond acceptors (Lipinski definition) is 6. The maximum atomic E-state index is 13.0. The number of thiazole rings is 1. The quantitative estimate of drug-likeness (QED) is 0.524. The fourth-order valence-electron chi connectivity index (χ4n) is 4.06. The Morgan fingerprint density at radius 3 is 2.58 bits per heavy atom. The van der Waals surface area contributed by atoms with E-state index in [4.69, 9.17) is 11.6 Å². The predicted molar refractivity (Wildman–Crippen MR) is 127 cm³/mol. The van der Waals surface area contributed by atoms with Crippen molar-refractivity contribution in [3.63, 3.8) is 0 Å². The first kappa shape index (κ1) is 22.4. The molecule has 31 heavy (non-hydrogen) atoms. The number of amides is 1. The van der Waals surface area contributed by atoms with Crippen LogP contribution in [0.1, 0.15) is 29.5 Å². The molecule has 2 aromatic heterocycles. The Morgan fingerprint density at radius 1 is 1.23 bits per heavy atom. The van der Waals surface area contributed by atoms with Crippen LogP contribution in [-0.4, -0.2) is 36.2 Å². The highest BCUT2D eigenvalue weighted by atomic mass is 35.5. The SMILES string of the molecule is Cc1cc(C)c(-c2csc(NC(=O)C3CCCN3S(=O)(=O)c3ccc(Cl)s3)n2)c(C)c1. The zero-order valence-corrected chi connectivity index (χ0v) is 20.5. The Balaban J connectivity index is 1.54. The molecule has 1 N–H and O–H groups in total. The monoisotopic (exact) mass is 495 g/mol. The number of thiophene rings is 1. The summed E-state index contributed by atoms with van der Waals surface area (Å²) in [6, 6.07) is 6.49. The molecule has 1 unspecified atom stereocenters. The average Bonchev–Trinajstić information content (AvgIpc) is 3.41. The second-order valence-corrected chi connectivity index (χ2v) is 12.3. The molecule has 1 aliphatic heterocycles. The maximum Gasteiger partial charge on any atom is 0.253 e. The molecule has 1 saturated heterocycles. The normalized spacial score (nSPS) is 17.2. The number of hydrogen-bond donors (Lipinski definition) is 1. The highest BCUT2D eigenvalue weighted by Gasteiger charge is 2.40. The lowest BCUT2D eigenvalue weighted by Crippen LogP contribution is -2.42. The van der Waals surface area contributed by atoms with Crippen LogP contribution in [0.15, 0.2) is 33.9 Å². The maximum absolute atomic E-state index is 13.0. The fraction of sp³-hybridized carbons (Fsp3) is 0.333. The van der Waals surface area contributed by atoms with Crippen molar-refractivity contribution in [2.45, 2.75) is 43.9 Å². The lowest BCUT2D eigenvalue weighted by Gasteiger charge is -2.22. The third-order valence-corrected chi connectivity index (χ3v) is 9.65. The van der Waals surface area contributed by atoms with E-state index in [-0.39, 0.29) is 10.1 Å². The number of carbonyl (C=O) groups is 1. The second kappa shape index (κ2) is 8.63. The van der Waals surface area contributed by atoms with Gasteiger partial charge in [-0.2, -0.15) is 4.31 Å². The Labute approximate surface area is 194 Å². The van der Waals surface area contributed by atoms with Gasteiger partial charge >= 0.3 is 0 Å². The average molecular weight is 496 g/mol. The number of aryl methyl sites for hydroxylation is 3. The van der Waals surface area contributed by atoms with Gasteiger partial charge in [0, 0.05) is 17.5 Å². The summed E-state index contributed by atoms with van der Waals surface area (Å²) in [4.78, 5) is 17.6. The largest absolute Gasteiger partial charge is 0.301 e. The van der Waals surface area contributed by atoms with Gasteiger partial charge in [-0.1, -0.05) is 29.3 Å². The summed E-state index contributed by atoms with van der Waals surface area (Å²) < 4.78 is 27.8. The van der Waals surface area contributed by atoms with E-state index in [1.807, 2.05) is 19.2 Å². The molecule has 1 amide bonds. The number of aromatic nitrogens is 1. The molecule has 0 saturated carbocycles. The molecule has 6 nitrogen and oxygen atoms in total. The van der Waals surface area contributed by atoms with Crippen molar-refractivity contribution < 1.29 is 13.2 Å². The van der Waals surface area contributed by atoms with Crippen molar-refractivity contribution in [3.8, 4) is 11.3 Å². The van der Waals surface area contributed by atoms with Crippen molar-refractivity contribution in [2.75, 3.05) is 11.9 Å². The molecule has 0 radical (unpaired) electrons. The summed E-state index contributed by atoms with van der Waals surface area (Å²) in [7, 11) is -3.77. The van der Waals surface area contributed by atoms with Gasteiger partial charge in [-0.3, -0.25) is 4.79 Å². The number of sulfonamides is 1. The Morgan fingerprint density at radius 2 is 1.94 bits per heavy atom. The highest BCUT2D eigenvalue weighted by Crippen LogP contribution is 2.34. The summed E-state index contributed by atoms with van der Waals surface area (Å²) in [6.45, 7) is 6.46. The number of benzene rings is 1. The van der Waals surface area contributed by atoms with E-state index in [0.29, 0.717) is 28.9 Å². The van der Waals surface area contributed by atoms with Crippen LogP contribution in [-0.2, 0) is 14.8 Å². The van der Waals surface area contributed by atoms with Crippen molar-refractivity contribution in [1.29, 1.82) is 0 Å². The third-order valence-electron chi connectivity index (χ3n) is 5.29. The molecular weight excluding hydrogens is 474 g/mol. The van der Waals surface area contributed by atoms with E-state index in [9.17, 15) is 13.2 Å². The van der Waals surface area contributed by atoms with E-state index in [0.717, 1.165) is 33.7 Å². The molecule has 10 heteroatoms. The molecule has 4 rings (SSSR count). The van der Waals surface area contributed by atoms with Gasteiger partial charge in [0.15, 0.2) is 5.13 Å². The summed E-state index contributed by atoms with van der Waals surface area (Å²) >= 11 is 8.25. The standard InChI is InChI=1S/C21H22ClN3O3S3/c1-12-9-13(2)19(14(3)10-12)15-11-29-21(23-15)24-20(26)16-5-4-8-25(16)31(27,28)18-7-6-17(22)30-18/h6-7,9-11,16H,4-5,8H2,1-3H3,(H,23,24,26). The van der Waals surface area contributed by atoms with Gasteiger partial charge in [-0.15, -0.1) is 22.7 Å². The molecule has 1 aromatic carbocycles. The van der Waals surface area contributed by atoms with Crippen LogP contribution >= 0.6 is 34.3 Å². The molecule has 0 bridgehead atoms. The van der Waals surface area contributed by atoms with E-state index in [2.05, 4.69) is 29.4 Å². The van der Waals surface area contributed by atoms with Gasteiger partial charge in [-0.05, 0) is 56.9 Å². The minimum atomic E-state index is -3.77. The van der Waals surface area contributed by atoms with Crippen LogP contribution in [0.3, 0.4) is 0 Å². The molecule has 164 valence electrons. The molecular formula is C21H22ClN3O3S3. The molecule has 0 aliphatic carbocycles. The van der Waals surface area contributed by atoms with Gasteiger partial charge in [0.1, 0.15) is 10.3 Å². The first-order valence-corrected chi connectivity index (χ1v) is 13.3. The predicted octanol–water partition coefficient (Wildman–Crippen LogP) is 5.24. The van der Waals surface area contributed by atoms with Gasteiger partial charge in [0.05, 0.1) is 10.0 Å². The summed E-state index contributed by atoms with van der Waals surface area (Å²) in [6.07, 6.45) is 1.10. The van der Waals surface area contributed by atoms with Crippen LogP contribution in [0, 0.1) is 20.8 Å². The molecule has 3 heterocycles. The van der Waals surface area contributed by atoms with Crippen molar-refractivity contribution >= 4 is 55.3 Å². The Bertz CT molecular complexity index is 1230. The molecule has 1 atom stereocenters. The fourth-order valence-corrected chi connectivity index (χ4v) is 8.03. The van der Waals surface area contributed by atoms with Crippen LogP contribution in [0.4, 0.5) is 5.13 Å². The second-order valence-electron chi connectivity index (χ2n) is 7.63. The van der Waals surface area contributed by atoms with Gasteiger partial charge in [0.2, 0.25) is 5.91 Å². The third kappa shape index (κ3) is 4.42. The molecule has 3 aromatic rings. The van der Waals surface area contributed by atoms with Crippen LogP contribution in [0.2, 0.25) is 4.34 Å². The lowest BCUT2D eigenvalue weighted by molar-refractivity contribution is -0.119. The highest BCUT2D eigenvalue weighted by molar-refractivity contribution is 7.91. The topological polar surface area (TPSA) is 79.4 Å². The van der Waals surface area contributed by atoms with Gasteiger partial charge in [0.25, 0.3) is 10.0 Å². The van der Waals surface area contributed by atoms with Gasteiger partial charge < -0.3 is 5.32 Å². The Kier molecular flexibility index (Phi) is 6.24. The van der Waals surface area contributed by atoms with Crippen LogP contribution in [0.25, 0.3) is 11.3 Å². The number of carbonyl (C=O) groups excluding carboxylic acids is 1. The number of rotatable bonds is 5. The minimum Gasteiger partial charge on any atom is -0.301 e. The first-order valence-electron chi connectivity index (χ1n) is 9.78. The zero-order chi connectivity index (χ0) is 22.3. The van der Waals surface area contributed by atoms with Crippen molar-refractivity contribution in [2.24, 2.45) is 0 Å². The van der Waals surface area contributed by atoms with E-state index in [1.165, 1.54) is 27.3 Å². The first-order chi connectivity index (χ1) is 14.7. The number of nitrogens with one attached hydrogen (secondary N) is 1. The molecule has 1 fully saturated rings. The van der Waals surface area contributed by atoms with E-state index in [1.54, 1.807) is 6.07 Å². The van der Waals surface area contributed by atoms with Crippen LogP contribution in [0.5, 0.6) is 0 Å². The zero-order valence-electron chi connectivity index (χ0n) is 17.3. The lowest BCUT2D eigenvalue weighted by atomic mass is 9.98. The number of nitrogens with zero attached hydrogens (tertiary/aromatic N) is 2. The summed E-state index contributed by atoms with van der Waals surface area (Å²) in [5.41, 5.74) is 5.31. The number of anilines is 1. The summed E-state index contributed by atoms with van der Waals surface area (Å²) in [5.74, 6) is -0.359. The van der Waals surface area contributed by atoms with Crippen molar-refractivity contribution in [3.05, 3.63) is 50.7 Å². The minimum absolute atomic E-state index is 0.152. The van der Waals surface area contributed by atoms with Crippen molar-refractivity contribution in [1.82, 2.24) is 9.29 Å². The van der Waals surface area contributed by atoms with Gasteiger partial charge in [-0.25, -0.2) is 13.4 Å². The van der Waals surface area contributed by atoms with E-state index >= 15 is 0 Å². The number of halogens is 1. The van der Waals surface area contributed by atoms with E-state index < -0.39 is 16.1 Å². The molecule has 1 aliphatic rings. The smallest absolute Gasteiger partial charge is 0.253 e. The Hall–Kier alpha value is -1.78. The molecule has 0 spiro atoms. The van der Waals surface area contributed by atoms with Crippen LogP contribution < -0.4 is 5.32 Å². The summed E-state index contributed by atoms with van der Waals surface area (Å²) in [5, 5.41) is 5.20.